The molecule has 1 aromatic carbocycles. The maximum atomic E-state index is 8.48. The number of hydrogen-bond donors (Lipinski definition) is 1. The van der Waals surface area contributed by atoms with Crippen molar-refractivity contribution in [3.05, 3.63) is 46.8 Å². The van der Waals surface area contributed by atoms with Gasteiger partial charge >= 0.3 is 0 Å². The summed E-state index contributed by atoms with van der Waals surface area (Å²) in [7, 11) is 0. The average Bonchev–Trinajstić information content (AvgIpc) is 2.82. The van der Waals surface area contributed by atoms with Gasteiger partial charge in [0, 0.05) is 18.2 Å². The van der Waals surface area contributed by atoms with Crippen molar-refractivity contribution in [2.45, 2.75) is 33.4 Å². The summed E-state index contributed by atoms with van der Waals surface area (Å²) < 4.78 is 10.4. The minimum Gasteiger partial charge on any atom is -0.479 e. The van der Waals surface area contributed by atoms with E-state index in [1.807, 2.05) is 44.2 Å². The standard InChI is InChI=1S/C16H19N3O2/c1-11(18-10-16-12(2)19-21-13(16)3)14-4-6-15(7-5-14)20-9-8-17/h4-7,11,18H,9-10H2,1-3H3. The molecule has 0 aliphatic carbocycles. The highest BCUT2D eigenvalue weighted by atomic mass is 16.5. The van der Waals surface area contributed by atoms with E-state index < -0.39 is 0 Å². The quantitative estimate of drug-likeness (QED) is 0.883. The van der Waals surface area contributed by atoms with Crippen LogP contribution in [0.25, 0.3) is 0 Å². The van der Waals surface area contributed by atoms with Gasteiger partial charge in [0.2, 0.25) is 0 Å². The summed E-state index contributed by atoms with van der Waals surface area (Å²) in [4.78, 5) is 0. The largest absolute Gasteiger partial charge is 0.479 e. The van der Waals surface area contributed by atoms with Crippen molar-refractivity contribution in [1.29, 1.82) is 5.26 Å². The number of benzene rings is 1. The average molecular weight is 285 g/mol. The van der Waals surface area contributed by atoms with Crippen LogP contribution < -0.4 is 10.1 Å². The number of nitriles is 1. The first kappa shape index (κ1) is 15.1. The van der Waals surface area contributed by atoms with Gasteiger partial charge in [-0.1, -0.05) is 17.3 Å². The fourth-order valence-corrected chi connectivity index (χ4v) is 2.10. The van der Waals surface area contributed by atoms with Crippen molar-refractivity contribution in [2.24, 2.45) is 0 Å². The van der Waals surface area contributed by atoms with E-state index in [0.717, 1.165) is 29.1 Å². The van der Waals surface area contributed by atoms with Gasteiger partial charge < -0.3 is 14.6 Å². The fourth-order valence-electron chi connectivity index (χ4n) is 2.10. The first-order valence-corrected chi connectivity index (χ1v) is 6.86. The van der Waals surface area contributed by atoms with Gasteiger partial charge in [0.25, 0.3) is 0 Å². The first-order chi connectivity index (χ1) is 10.1. The first-order valence-electron chi connectivity index (χ1n) is 6.86. The maximum Gasteiger partial charge on any atom is 0.174 e. The topological polar surface area (TPSA) is 71.1 Å². The van der Waals surface area contributed by atoms with Gasteiger partial charge in [-0.15, -0.1) is 0 Å². The van der Waals surface area contributed by atoms with E-state index in [9.17, 15) is 0 Å². The molecule has 0 spiro atoms. The molecule has 21 heavy (non-hydrogen) atoms. The van der Waals surface area contributed by atoms with Crippen molar-refractivity contribution in [1.82, 2.24) is 10.5 Å². The van der Waals surface area contributed by atoms with Gasteiger partial charge in [0.15, 0.2) is 6.61 Å². The van der Waals surface area contributed by atoms with Crippen LogP contribution in [0.1, 0.15) is 35.5 Å². The molecule has 0 saturated heterocycles. The Hall–Kier alpha value is -2.32. The van der Waals surface area contributed by atoms with Crippen LogP contribution in [0.4, 0.5) is 0 Å². The lowest BCUT2D eigenvalue weighted by Gasteiger charge is -2.14. The predicted molar refractivity (Wildman–Crippen MR) is 78.8 cm³/mol. The molecule has 0 amide bonds. The molecule has 1 atom stereocenters. The Bertz CT molecular complexity index is 606. The van der Waals surface area contributed by atoms with Crippen molar-refractivity contribution in [3.8, 4) is 11.8 Å². The fraction of sp³-hybridized carbons (Fsp3) is 0.375. The smallest absolute Gasteiger partial charge is 0.174 e. The molecule has 1 N–H and O–H groups in total. The second-order valence-corrected chi connectivity index (χ2v) is 4.92. The van der Waals surface area contributed by atoms with Crippen LogP contribution in [-0.2, 0) is 6.54 Å². The van der Waals surface area contributed by atoms with Crippen LogP contribution in [0, 0.1) is 25.2 Å². The second kappa shape index (κ2) is 6.91. The lowest BCUT2D eigenvalue weighted by molar-refractivity contribution is 0.368. The molecule has 1 unspecified atom stereocenters. The van der Waals surface area contributed by atoms with E-state index in [-0.39, 0.29) is 12.6 Å². The highest BCUT2D eigenvalue weighted by Gasteiger charge is 2.11. The Labute approximate surface area is 124 Å². The third-order valence-electron chi connectivity index (χ3n) is 3.45. The minimum atomic E-state index is 0.0686. The van der Waals surface area contributed by atoms with Gasteiger partial charge in [-0.25, -0.2) is 0 Å². The monoisotopic (exact) mass is 285 g/mol. The summed E-state index contributed by atoms with van der Waals surface area (Å²) >= 11 is 0. The minimum absolute atomic E-state index is 0.0686. The van der Waals surface area contributed by atoms with E-state index in [1.54, 1.807) is 0 Å². The number of aryl methyl sites for hydroxylation is 2. The zero-order valence-electron chi connectivity index (χ0n) is 12.5. The van der Waals surface area contributed by atoms with Crippen LogP contribution in [0.2, 0.25) is 0 Å². The zero-order valence-corrected chi connectivity index (χ0v) is 12.5. The van der Waals surface area contributed by atoms with Crippen LogP contribution in [0.3, 0.4) is 0 Å². The molecule has 1 aromatic heterocycles. The number of ether oxygens (including phenoxy) is 1. The molecule has 2 aromatic rings. The van der Waals surface area contributed by atoms with Crippen LogP contribution in [-0.4, -0.2) is 11.8 Å². The van der Waals surface area contributed by atoms with E-state index >= 15 is 0 Å². The molecule has 0 bridgehead atoms. The number of hydrogen-bond acceptors (Lipinski definition) is 5. The van der Waals surface area contributed by atoms with E-state index in [1.165, 1.54) is 0 Å². The number of aromatic nitrogens is 1. The molecule has 0 aliphatic heterocycles. The Morgan fingerprint density at radius 2 is 2.05 bits per heavy atom. The summed E-state index contributed by atoms with van der Waals surface area (Å²) in [6.07, 6.45) is 0. The summed E-state index contributed by atoms with van der Waals surface area (Å²) in [5.74, 6) is 1.56. The molecule has 0 aliphatic rings. The molecule has 0 radical (unpaired) electrons. The van der Waals surface area contributed by atoms with Crippen LogP contribution >= 0.6 is 0 Å². The van der Waals surface area contributed by atoms with Crippen molar-refractivity contribution < 1.29 is 9.26 Å². The molecule has 5 nitrogen and oxygen atoms in total. The maximum absolute atomic E-state index is 8.48. The Morgan fingerprint density at radius 3 is 2.62 bits per heavy atom. The Kier molecular flexibility index (Phi) is 4.96. The van der Waals surface area contributed by atoms with Gasteiger partial charge in [-0.2, -0.15) is 5.26 Å². The summed E-state index contributed by atoms with van der Waals surface area (Å²) in [6.45, 7) is 6.75. The van der Waals surface area contributed by atoms with Gasteiger partial charge in [-0.3, -0.25) is 0 Å². The lowest BCUT2D eigenvalue weighted by atomic mass is 10.1. The molecule has 1 heterocycles. The normalized spacial score (nSPS) is 11.9. The summed E-state index contributed by atoms with van der Waals surface area (Å²) in [5, 5.41) is 15.9. The summed E-state index contributed by atoms with van der Waals surface area (Å²) in [6, 6.07) is 9.90. The third kappa shape index (κ3) is 3.83. The molecular formula is C16H19N3O2. The molecule has 0 saturated carbocycles. The van der Waals surface area contributed by atoms with Gasteiger partial charge in [0.05, 0.1) is 5.69 Å². The van der Waals surface area contributed by atoms with Crippen molar-refractivity contribution >= 4 is 0 Å². The van der Waals surface area contributed by atoms with Crippen molar-refractivity contribution in [3.63, 3.8) is 0 Å². The second-order valence-electron chi connectivity index (χ2n) is 4.92. The molecule has 110 valence electrons. The van der Waals surface area contributed by atoms with E-state index in [4.69, 9.17) is 14.5 Å². The van der Waals surface area contributed by atoms with Gasteiger partial charge in [-0.05, 0) is 38.5 Å². The predicted octanol–water partition coefficient (Wildman–Crippen LogP) is 3.04. The Balaban J connectivity index is 1.94. The number of nitrogens with one attached hydrogen (secondary N) is 1. The SMILES string of the molecule is Cc1noc(C)c1CNC(C)c1ccc(OCC#N)cc1. The van der Waals surface area contributed by atoms with Crippen LogP contribution in [0.15, 0.2) is 28.8 Å². The number of rotatable bonds is 6. The Morgan fingerprint density at radius 1 is 1.33 bits per heavy atom. The highest BCUT2D eigenvalue weighted by molar-refractivity contribution is 5.29. The molecular weight excluding hydrogens is 266 g/mol. The molecule has 5 heteroatoms. The lowest BCUT2D eigenvalue weighted by Crippen LogP contribution is -2.18. The van der Waals surface area contributed by atoms with E-state index in [2.05, 4.69) is 17.4 Å². The molecule has 2 rings (SSSR count). The van der Waals surface area contributed by atoms with Gasteiger partial charge in [0.1, 0.15) is 17.6 Å². The molecule has 0 fully saturated rings. The number of nitrogens with zero attached hydrogens (tertiary/aromatic N) is 2. The van der Waals surface area contributed by atoms with Crippen LogP contribution in [0.5, 0.6) is 5.75 Å². The van der Waals surface area contributed by atoms with E-state index in [0.29, 0.717) is 5.75 Å². The zero-order chi connectivity index (χ0) is 15.2. The van der Waals surface area contributed by atoms with Crippen molar-refractivity contribution in [2.75, 3.05) is 6.61 Å². The summed E-state index contributed by atoms with van der Waals surface area (Å²) in [5.41, 5.74) is 3.19. The highest BCUT2D eigenvalue weighted by Crippen LogP contribution is 2.19. The third-order valence-corrected chi connectivity index (χ3v) is 3.45.